The summed E-state index contributed by atoms with van der Waals surface area (Å²) in [6, 6.07) is 9.36. The van der Waals surface area contributed by atoms with E-state index < -0.39 is 0 Å². The van der Waals surface area contributed by atoms with Crippen LogP contribution in [0.2, 0.25) is 0 Å². The molecular formula is C13H14N2O. The van der Waals surface area contributed by atoms with Crippen LogP contribution in [0.5, 0.6) is 0 Å². The van der Waals surface area contributed by atoms with E-state index in [1.165, 1.54) is 0 Å². The molecule has 0 N–H and O–H groups in total. The summed E-state index contributed by atoms with van der Waals surface area (Å²) in [4.78, 5) is 16.3. The second-order valence-corrected chi connectivity index (χ2v) is 3.90. The number of hydrogen-bond acceptors (Lipinski definition) is 2. The number of benzene rings is 1. The van der Waals surface area contributed by atoms with Crippen LogP contribution >= 0.6 is 0 Å². The first kappa shape index (κ1) is 10.6. The third-order valence-electron chi connectivity index (χ3n) is 2.57. The maximum absolute atomic E-state index is 11.9. The minimum absolute atomic E-state index is 0.0284. The Morgan fingerprint density at radius 3 is 2.44 bits per heavy atom. The van der Waals surface area contributed by atoms with Crippen LogP contribution in [0, 0.1) is 20.8 Å². The number of nitrogens with zero attached hydrogens (tertiary/aromatic N) is 2. The maximum Gasteiger partial charge on any atom is 0.258 e. The summed E-state index contributed by atoms with van der Waals surface area (Å²) in [6.45, 7) is 5.67. The average molecular weight is 214 g/mol. The second-order valence-electron chi connectivity index (χ2n) is 3.90. The van der Waals surface area contributed by atoms with Crippen LogP contribution in [0.15, 0.2) is 35.1 Å². The summed E-state index contributed by atoms with van der Waals surface area (Å²) in [5, 5.41) is 0. The predicted octanol–water partition coefficient (Wildman–Crippen LogP) is 2.16. The summed E-state index contributed by atoms with van der Waals surface area (Å²) in [7, 11) is 0. The van der Waals surface area contributed by atoms with Crippen molar-refractivity contribution >= 4 is 0 Å². The van der Waals surface area contributed by atoms with Crippen molar-refractivity contribution in [3.63, 3.8) is 0 Å². The van der Waals surface area contributed by atoms with E-state index in [0.717, 1.165) is 22.8 Å². The normalized spacial score (nSPS) is 10.4. The molecule has 0 aliphatic rings. The van der Waals surface area contributed by atoms with Crippen LogP contribution in [0.25, 0.3) is 5.69 Å². The van der Waals surface area contributed by atoms with Crippen LogP contribution in [-0.2, 0) is 0 Å². The van der Waals surface area contributed by atoms with E-state index >= 15 is 0 Å². The number of hydrogen-bond donors (Lipinski definition) is 0. The van der Waals surface area contributed by atoms with E-state index in [2.05, 4.69) is 4.98 Å². The van der Waals surface area contributed by atoms with E-state index in [1.807, 2.05) is 45.0 Å². The number of aromatic nitrogens is 2. The van der Waals surface area contributed by atoms with Gasteiger partial charge < -0.3 is 0 Å². The highest BCUT2D eigenvalue weighted by Gasteiger charge is 2.06. The zero-order chi connectivity index (χ0) is 11.7. The van der Waals surface area contributed by atoms with Gasteiger partial charge in [0.25, 0.3) is 5.56 Å². The largest absolute Gasteiger partial charge is 0.269 e. The zero-order valence-electron chi connectivity index (χ0n) is 9.69. The molecule has 16 heavy (non-hydrogen) atoms. The molecule has 0 amide bonds. The van der Waals surface area contributed by atoms with Crippen molar-refractivity contribution in [3.8, 4) is 5.69 Å². The van der Waals surface area contributed by atoms with Gasteiger partial charge in [0.1, 0.15) is 5.82 Å². The molecule has 0 aliphatic heterocycles. The number of rotatable bonds is 1. The third kappa shape index (κ3) is 1.76. The number of para-hydroxylation sites is 1. The Hall–Kier alpha value is -1.90. The average Bonchev–Trinajstić information content (AvgIpc) is 2.19. The fourth-order valence-corrected chi connectivity index (χ4v) is 1.85. The van der Waals surface area contributed by atoms with Crippen molar-refractivity contribution in [3.05, 3.63) is 57.8 Å². The molecule has 2 aromatic rings. The first-order chi connectivity index (χ1) is 7.59. The van der Waals surface area contributed by atoms with Gasteiger partial charge >= 0.3 is 0 Å². The topological polar surface area (TPSA) is 34.9 Å². The smallest absolute Gasteiger partial charge is 0.258 e. The summed E-state index contributed by atoms with van der Waals surface area (Å²) in [6.07, 6.45) is 0. The van der Waals surface area contributed by atoms with Gasteiger partial charge in [-0.1, -0.05) is 18.2 Å². The minimum Gasteiger partial charge on any atom is -0.269 e. The van der Waals surface area contributed by atoms with Crippen LogP contribution < -0.4 is 5.56 Å². The van der Waals surface area contributed by atoms with Crippen molar-refractivity contribution in [2.45, 2.75) is 20.8 Å². The molecule has 1 heterocycles. The Balaban J connectivity index is 2.75. The molecule has 82 valence electrons. The van der Waals surface area contributed by atoms with Gasteiger partial charge in [0, 0.05) is 11.8 Å². The second kappa shape index (κ2) is 3.93. The molecule has 0 unspecified atom stereocenters. The summed E-state index contributed by atoms with van der Waals surface area (Å²) in [5.41, 5.74) is 2.70. The Morgan fingerprint density at radius 2 is 1.81 bits per heavy atom. The van der Waals surface area contributed by atoms with E-state index in [4.69, 9.17) is 0 Å². The third-order valence-corrected chi connectivity index (χ3v) is 2.57. The molecule has 3 nitrogen and oxygen atoms in total. The number of aryl methyl sites for hydroxylation is 3. The Morgan fingerprint density at radius 1 is 1.12 bits per heavy atom. The van der Waals surface area contributed by atoms with Crippen LogP contribution in [0.3, 0.4) is 0 Å². The first-order valence-corrected chi connectivity index (χ1v) is 5.23. The van der Waals surface area contributed by atoms with E-state index in [1.54, 1.807) is 10.6 Å². The van der Waals surface area contributed by atoms with Crippen LogP contribution in [0.1, 0.15) is 17.1 Å². The molecule has 0 bridgehead atoms. The lowest BCUT2D eigenvalue weighted by molar-refractivity contribution is 0.848. The highest BCUT2D eigenvalue weighted by Crippen LogP contribution is 2.12. The van der Waals surface area contributed by atoms with Crippen LogP contribution in [0.4, 0.5) is 0 Å². The van der Waals surface area contributed by atoms with Gasteiger partial charge in [0.15, 0.2) is 0 Å². The molecule has 0 saturated carbocycles. The fraction of sp³-hybridized carbons (Fsp3) is 0.231. The highest BCUT2D eigenvalue weighted by atomic mass is 16.1. The van der Waals surface area contributed by atoms with E-state index in [9.17, 15) is 4.79 Å². The van der Waals surface area contributed by atoms with Gasteiger partial charge in [-0.15, -0.1) is 0 Å². The van der Waals surface area contributed by atoms with E-state index in [0.29, 0.717) is 0 Å². The van der Waals surface area contributed by atoms with Crippen LogP contribution in [-0.4, -0.2) is 9.55 Å². The molecule has 3 heteroatoms. The van der Waals surface area contributed by atoms with Gasteiger partial charge in [-0.25, -0.2) is 4.98 Å². The molecular weight excluding hydrogens is 200 g/mol. The van der Waals surface area contributed by atoms with Gasteiger partial charge in [-0.2, -0.15) is 0 Å². The molecule has 0 fully saturated rings. The van der Waals surface area contributed by atoms with Crippen molar-refractivity contribution in [1.29, 1.82) is 0 Å². The lowest BCUT2D eigenvalue weighted by atomic mass is 10.2. The lowest BCUT2D eigenvalue weighted by Crippen LogP contribution is -2.22. The summed E-state index contributed by atoms with van der Waals surface area (Å²) < 4.78 is 1.64. The van der Waals surface area contributed by atoms with Crippen molar-refractivity contribution < 1.29 is 0 Å². The van der Waals surface area contributed by atoms with Gasteiger partial charge in [0.2, 0.25) is 0 Å². The van der Waals surface area contributed by atoms with Crippen molar-refractivity contribution in [2.75, 3.05) is 0 Å². The predicted molar refractivity (Wildman–Crippen MR) is 64.0 cm³/mol. The quantitative estimate of drug-likeness (QED) is 0.729. The molecule has 0 saturated heterocycles. The van der Waals surface area contributed by atoms with E-state index in [-0.39, 0.29) is 5.56 Å². The standard InChI is InChI=1S/C13H14N2O/c1-9-6-4-5-7-12(9)15-11(3)14-10(2)8-13(15)16/h4-8H,1-3H3. The van der Waals surface area contributed by atoms with Crippen molar-refractivity contribution in [1.82, 2.24) is 9.55 Å². The molecule has 1 aromatic heterocycles. The first-order valence-electron chi connectivity index (χ1n) is 5.23. The molecule has 0 spiro atoms. The molecule has 0 atom stereocenters. The monoisotopic (exact) mass is 214 g/mol. The van der Waals surface area contributed by atoms with Crippen molar-refractivity contribution in [2.24, 2.45) is 0 Å². The summed E-state index contributed by atoms with van der Waals surface area (Å²) >= 11 is 0. The molecule has 1 aromatic carbocycles. The summed E-state index contributed by atoms with van der Waals surface area (Å²) in [5.74, 6) is 0.722. The highest BCUT2D eigenvalue weighted by molar-refractivity contribution is 5.40. The molecule has 0 radical (unpaired) electrons. The fourth-order valence-electron chi connectivity index (χ4n) is 1.85. The van der Waals surface area contributed by atoms with Gasteiger partial charge in [-0.05, 0) is 32.4 Å². The van der Waals surface area contributed by atoms with Gasteiger partial charge in [-0.3, -0.25) is 9.36 Å². The molecule has 2 rings (SSSR count). The Bertz CT molecular complexity index is 585. The zero-order valence-corrected chi connectivity index (χ0v) is 9.69. The minimum atomic E-state index is -0.0284. The Kier molecular flexibility index (Phi) is 2.60. The molecule has 0 aliphatic carbocycles. The maximum atomic E-state index is 11.9. The SMILES string of the molecule is Cc1cc(=O)n(-c2ccccc2C)c(C)n1. The van der Waals surface area contributed by atoms with Gasteiger partial charge in [0.05, 0.1) is 5.69 Å². The Labute approximate surface area is 94.4 Å². The lowest BCUT2D eigenvalue weighted by Gasteiger charge is -2.11.